The van der Waals surface area contributed by atoms with E-state index < -0.39 is 0 Å². The molecule has 0 aromatic heterocycles. The van der Waals surface area contributed by atoms with Crippen LogP contribution < -0.4 is 4.74 Å². The first-order valence-electron chi connectivity index (χ1n) is 7.51. The Morgan fingerprint density at radius 1 is 1.35 bits per heavy atom. The zero-order valence-corrected chi connectivity index (χ0v) is 13.0. The molecule has 0 saturated heterocycles. The summed E-state index contributed by atoms with van der Waals surface area (Å²) >= 11 is 0. The quantitative estimate of drug-likeness (QED) is 0.795. The molecule has 3 heteroatoms. The number of hydrogen-bond donors (Lipinski definition) is 0. The number of hydrogen-bond acceptors (Lipinski definition) is 2. The van der Waals surface area contributed by atoms with Crippen molar-refractivity contribution in [3.05, 3.63) is 29.3 Å². The largest absolute Gasteiger partial charge is 0.493 e. The third-order valence-electron chi connectivity index (χ3n) is 3.91. The molecule has 20 heavy (non-hydrogen) atoms. The van der Waals surface area contributed by atoms with Gasteiger partial charge in [0.25, 0.3) is 0 Å². The van der Waals surface area contributed by atoms with E-state index >= 15 is 0 Å². The summed E-state index contributed by atoms with van der Waals surface area (Å²) in [6.07, 6.45) is 2.77. The van der Waals surface area contributed by atoms with Crippen LogP contribution in [0.15, 0.2) is 18.2 Å². The molecule has 110 valence electrons. The van der Waals surface area contributed by atoms with E-state index in [4.69, 9.17) is 4.74 Å². The van der Waals surface area contributed by atoms with Gasteiger partial charge in [0.05, 0.1) is 13.0 Å². The molecule has 1 aromatic carbocycles. The topological polar surface area (TPSA) is 29.5 Å². The number of carbonyl (C=O) groups excluding carboxylic acids is 1. The van der Waals surface area contributed by atoms with Crippen molar-refractivity contribution in [2.45, 2.75) is 59.0 Å². The molecular formula is C17H25NO2. The van der Waals surface area contributed by atoms with Crippen LogP contribution in [0.3, 0.4) is 0 Å². The van der Waals surface area contributed by atoms with Crippen LogP contribution in [0.5, 0.6) is 5.75 Å². The predicted molar refractivity (Wildman–Crippen MR) is 81.0 cm³/mol. The van der Waals surface area contributed by atoms with Gasteiger partial charge < -0.3 is 9.64 Å². The first-order valence-corrected chi connectivity index (χ1v) is 7.51. The van der Waals surface area contributed by atoms with Crippen molar-refractivity contribution in [1.82, 2.24) is 4.90 Å². The molecule has 1 amide bonds. The SMILES string of the molecule is Cc1cccc(OCCC(=O)N(C(C)C)C2CC2)c1C. The highest BCUT2D eigenvalue weighted by atomic mass is 16.5. The number of amides is 1. The lowest BCUT2D eigenvalue weighted by atomic mass is 10.1. The monoisotopic (exact) mass is 275 g/mol. The molecule has 3 nitrogen and oxygen atoms in total. The van der Waals surface area contributed by atoms with Crippen molar-refractivity contribution in [2.75, 3.05) is 6.61 Å². The molecule has 0 N–H and O–H groups in total. The molecule has 1 aliphatic carbocycles. The van der Waals surface area contributed by atoms with Gasteiger partial charge in [0.1, 0.15) is 5.75 Å². The second-order valence-electron chi connectivity index (χ2n) is 5.92. The summed E-state index contributed by atoms with van der Waals surface area (Å²) < 4.78 is 5.77. The van der Waals surface area contributed by atoms with Crippen LogP contribution in [-0.2, 0) is 4.79 Å². The van der Waals surface area contributed by atoms with Crippen LogP contribution in [0.4, 0.5) is 0 Å². The second kappa shape index (κ2) is 6.29. The maximum atomic E-state index is 12.3. The molecule has 0 heterocycles. The molecule has 0 atom stereocenters. The van der Waals surface area contributed by atoms with E-state index in [2.05, 4.69) is 33.8 Å². The van der Waals surface area contributed by atoms with Crippen molar-refractivity contribution in [2.24, 2.45) is 0 Å². The van der Waals surface area contributed by atoms with Crippen LogP contribution in [0.1, 0.15) is 44.2 Å². The van der Waals surface area contributed by atoms with E-state index in [1.54, 1.807) is 0 Å². The highest BCUT2D eigenvalue weighted by molar-refractivity contribution is 5.77. The fourth-order valence-corrected chi connectivity index (χ4v) is 2.52. The van der Waals surface area contributed by atoms with Gasteiger partial charge in [-0.3, -0.25) is 4.79 Å². The zero-order valence-electron chi connectivity index (χ0n) is 13.0. The number of benzene rings is 1. The Labute approximate surface area is 121 Å². The Kier molecular flexibility index (Phi) is 4.69. The third kappa shape index (κ3) is 3.53. The lowest BCUT2D eigenvalue weighted by molar-refractivity contribution is -0.134. The van der Waals surface area contributed by atoms with Gasteiger partial charge in [-0.2, -0.15) is 0 Å². The highest BCUT2D eigenvalue weighted by Crippen LogP contribution is 2.29. The highest BCUT2D eigenvalue weighted by Gasteiger charge is 2.33. The molecule has 0 bridgehead atoms. The minimum Gasteiger partial charge on any atom is -0.493 e. The van der Waals surface area contributed by atoms with Crippen LogP contribution in [-0.4, -0.2) is 29.5 Å². The van der Waals surface area contributed by atoms with Gasteiger partial charge in [0.2, 0.25) is 5.91 Å². The van der Waals surface area contributed by atoms with Gasteiger partial charge >= 0.3 is 0 Å². The van der Waals surface area contributed by atoms with Gasteiger partial charge in [0, 0.05) is 12.1 Å². The van der Waals surface area contributed by atoms with Gasteiger partial charge in [-0.25, -0.2) is 0 Å². The summed E-state index contributed by atoms with van der Waals surface area (Å²) in [6.45, 7) is 8.75. The molecule has 0 unspecified atom stereocenters. The summed E-state index contributed by atoms with van der Waals surface area (Å²) in [4.78, 5) is 14.3. The van der Waals surface area contributed by atoms with Gasteiger partial charge in [-0.05, 0) is 57.7 Å². The van der Waals surface area contributed by atoms with E-state index in [0.29, 0.717) is 19.1 Å². The first-order chi connectivity index (χ1) is 9.50. The molecule has 0 radical (unpaired) electrons. The summed E-state index contributed by atoms with van der Waals surface area (Å²) in [7, 11) is 0. The number of aryl methyl sites for hydroxylation is 1. The Morgan fingerprint density at radius 3 is 2.65 bits per heavy atom. The predicted octanol–water partition coefficient (Wildman–Crippen LogP) is 3.47. The summed E-state index contributed by atoms with van der Waals surface area (Å²) in [5.41, 5.74) is 2.37. The van der Waals surface area contributed by atoms with Crippen LogP contribution in [0.2, 0.25) is 0 Å². The minimum atomic E-state index is 0.216. The van der Waals surface area contributed by atoms with Crippen molar-refractivity contribution in [3.8, 4) is 5.75 Å². The van der Waals surface area contributed by atoms with E-state index in [0.717, 1.165) is 24.2 Å². The van der Waals surface area contributed by atoms with E-state index in [1.807, 2.05) is 17.0 Å². The van der Waals surface area contributed by atoms with Crippen molar-refractivity contribution >= 4 is 5.91 Å². The lowest BCUT2D eigenvalue weighted by Crippen LogP contribution is -2.39. The smallest absolute Gasteiger partial charge is 0.226 e. The first kappa shape index (κ1) is 14.9. The van der Waals surface area contributed by atoms with Gasteiger partial charge in [-0.15, -0.1) is 0 Å². The Bertz CT molecular complexity index is 476. The summed E-state index contributed by atoms with van der Waals surface area (Å²) in [6, 6.07) is 6.79. The minimum absolute atomic E-state index is 0.216. The third-order valence-corrected chi connectivity index (χ3v) is 3.91. The van der Waals surface area contributed by atoms with Crippen molar-refractivity contribution in [3.63, 3.8) is 0 Å². The Hall–Kier alpha value is -1.51. The lowest BCUT2D eigenvalue weighted by Gasteiger charge is -2.26. The van der Waals surface area contributed by atoms with Crippen molar-refractivity contribution < 1.29 is 9.53 Å². The van der Waals surface area contributed by atoms with Crippen LogP contribution >= 0.6 is 0 Å². The molecule has 1 aromatic rings. The zero-order chi connectivity index (χ0) is 14.7. The average molecular weight is 275 g/mol. The van der Waals surface area contributed by atoms with E-state index in [1.165, 1.54) is 5.56 Å². The van der Waals surface area contributed by atoms with Gasteiger partial charge in [0.15, 0.2) is 0 Å². The second-order valence-corrected chi connectivity index (χ2v) is 5.92. The van der Waals surface area contributed by atoms with Crippen molar-refractivity contribution in [1.29, 1.82) is 0 Å². The normalized spacial score (nSPS) is 14.4. The molecule has 2 rings (SSSR count). The molecule has 0 spiro atoms. The number of carbonyl (C=O) groups is 1. The maximum Gasteiger partial charge on any atom is 0.226 e. The molecule has 1 fully saturated rings. The Morgan fingerprint density at radius 2 is 2.05 bits per heavy atom. The van der Waals surface area contributed by atoms with E-state index in [9.17, 15) is 4.79 Å². The standard InChI is InChI=1S/C17H25NO2/c1-12(2)18(15-8-9-15)17(19)10-11-20-16-7-5-6-13(3)14(16)4/h5-7,12,15H,8-11H2,1-4H3. The molecule has 1 saturated carbocycles. The van der Waals surface area contributed by atoms with E-state index in [-0.39, 0.29) is 11.9 Å². The maximum absolute atomic E-state index is 12.3. The summed E-state index contributed by atoms with van der Waals surface area (Å²) in [5, 5.41) is 0. The Balaban J connectivity index is 1.86. The van der Waals surface area contributed by atoms with Crippen LogP contribution in [0.25, 0.3) is 0 Å². The van der Waals surface area contributed by atoms with Gasteiger partial charge in [-0.1, -0.05) is 12.1 Å². The number of ether oxygens (including phenoxy) is 1. The molecular weight excluding hydrogens is 250 g/mol. The number of nitrogens with zero attached hydrogens (tertiary/aromatic N) is 1. The summed E-state index contributed by atoms with van der Waals surface area (Å²) in [5.74, 6) is 1.10. The molecule has 1 aliphatic rings. The average Bonchev–Trinajstić information content (AvgIpc) is 3.19. The fraction of sp³-hybridized carbons (Fsp3) is 0.588. The van der Waals surface area contributed by atoms with Crippen LogP contribution in [0, 0.1) is 13.8 Å². The number of rotatable bonds is 6. The fourth-order valence-electron chi connectivity index (χ4n) is 2.52. The molecule has 0 aliphatic heterocycles.